The number of benzene rings is 4. The van der Waals surface area contributed by atoms with Crippen LogP contribution in [0.2, 0.25) is 0 Å². The van der Waals surface area contributed by atoms with Crippen molar-refractivity contribution in [1.82, 2.24) is 0 Å². The maximum absolute atomic E-state index is 6.55. The summed E-state index contributed by atoms with van der Waals surface area (Å²) < 4.78 is 28.7. The number of ether oxygens (including phenoxy) is 5. The molecular formula is C38H46O5. The number of rotatable bonds is 18. The molecule has 0 spiro atoms. The van der Waals surface area contributed by atoms with Crippen LogP contribution in [0, 0.1) is 0 Å². The quantitative estimate of drug-likeness (QED) is 0.117. The zero-order valence-electron chi connectivity index (χ0n) is 26.1. The van der Waals surface area contributed by atoms with Crippen molar-refractivity contribution in [3.05, 3.63) is 119 Å². The van der Waals surface area contributed by atoms with Crippen LogP contribution in [-0.2, 0) is 17.6 Å². The normalized spacial score (nSPS) is 12.4. The lowest BCUT2D eigenvalue weighted by Crippen LogP contribution is -2.14. The molecule has 4 aromatic rings. The van der Waals surface area contributed by atoms with Gasteiger partial charge in [0.1, 0.15) is 23.0 Å². The number of hydrogen-bond acceptors (Lipinski definition) is 5. The van der Waals surface area contributed by atoms with Crippen molar-refractivity contribution >= 4 is 0 Å². The van der Waals surface area contributed by atoms with Crippen LogP contribution in [0.5, 0.6) is 23.0 Å². The van der Waals surface area contributed by atoms with Gasteiger partial charge < -0.3 is 23.7 Å². The molecule has 0 radical (unpaired) electrons. The first-order chi connectivity index (χ1) is 21.1. The van der Waals surface area contributed by atoms with Crippen molar-refractivity contribution in [3.8, 4) is 23.0 Å². The van der Waals surface area contributed by atoms with E-state index < -0.39 is 0 Å². The standard InChI is InChI=1S/C38H46O5/c1-39-35-21-23-37(41-3)31(25-35)17-11-19-33(29-13-7-5-8-14-29)27-43-28-34(30-15-9-6-10-16-30)20-12-18-32-26-36(40-2)22-24-38(32)42-4/h5-10,13-16,21-26,33-34H,11-12,17-20,27-28H2,1-4H3. The summed E-state index contributed by atoms with van der Waals surface area (Å²) in [4.78, 5) is 0. The van der Waals surface area contributed by atoms with Gasteiger partial charge in [0.15, 0.2) is 0 Å². The number of aryl methyl sites for hydroxylation is 2. The van der Waals surface area contributed by atoms with E-state index in [0.717, 1.165) is 61.5 Å². The Balaban J connectivity index is 1.38. The Kier molecular flexibility index (Phi) is 12.8. The highest BCUT2D eigenvalue weighted by atomic mass is 16.5. The fourth-order valence-corrected chi connectivity index (χ4v) is 5.73. The molecule has 0 fully saturated rings. The van der Waals surface area contributed by atoms with Crippen molar-refractivity contribution in [3.63, 3.8) is 0 Å². The second kappa shape index (κ2) is 17.2. The molecular weight excluding hydrogens is 536 g/mol. The molecule has 0 aliphatic carbocycles. The number of methoxy groups -OCH3 is 4. The van der Waals surface area contributed by atoms with E-state index in [1.807, 2.05) is 24.3 Å². The smallest absolute Gasteiger partial charge is 0.122 e. The van der Waals surface area contributed by atoms with E-state index in [1.54, 1.807) is 28.4 Å². The minimum absolute atomic E-state index is 0.315. The molecule has 4 aromatic carbocycles. The van der Waals surface area contributed by atoms with Crippen molar-refractivity contribution in [2.45, 2.75) is 50.4 Å². The van der Waals surface area contributed by atoms with E-state index in [2.05, 4.69) is 72.8 Å². The van der Waals surface area contributed by atoms with Gasteiger partial charge >= 0.3 is 0 Å². The zero-order chi connectivity index (χ0) is 30.3. The third kappa shape index (κ3) is 9.52. The van der Waals surface area contributed by atoms with Crippen LogP contribution in [0.4, 0.5) is 0 Å². The second-order valence-electron chi connectivity index (χ2n) is 10.9. The van der Waals surface area contributed by atoms with Gasteiger partial charge in [-0.2, -0.15) is 0 Å². The van der Waals surface area contributed by atoms with Crippen LogP contribution in [-0.4, -0.2) is 41.7 Å². The predicted molar refractivity (Wildman–Crippen MR) is 174 cm³/mol. The zero-order valence-corrected chi connectivity index (χ0v) is 26.1. The molecule has 0 amide bonds. The fourth-order valence-electron chi connectivity index (χ4n) is 5.73. The Morgan fingerprint density at radius 3 is 1.28 bits per heavy atom. The highest BCUT2D eigenvalue weighted by Gasteiger charge is 2.17. The van der Waals surface area contributed by atoms with Crippen molar-refractivity contribution < 1.29 is 23.7 Å². The molecule has 5 nitrogen and oxygen atoms in total. The average Bonchev–Trinajstić information content (AvgIpc) is 3.07. The van der Waals surface area contributed by atoms with E-state index >= 15 is 0 Å². The minimum atomic E-state index is 0.315. The number of hydrogen-bond donors (Lipinski definition) is 0. The summed E-state index contributed by atoms with van der Waals surface area (Å²) >= 11 is 0. The van der Waals surface area contributed by atoms with Crippen LogP contribution >= 0.6 is 0 Å². The molecule has 228 valence electrons. The lowest BCUT2D eigenvalue weighted by atomic mass is 9.92. The lowest BCUT2D eigenvalue weighted by Gasteiger charge is -2.22. The van der Waals surface area contributed by atoms with E-state index in [9.17, 15) is 0 Å². The maximum atomic E-state index is 6.55. The Morgan fingerprint density at radius 1 is 0.488 bits per heavy atom. The van der Waals surface area contributed by atoms with E-state index in [0.29, 0.717) is 25.0 Å². The summed E-state index contributed by atoms with van der Waals surface area (Å²) in [5.74, 6) is 4.16. The third-order valence-electron chi connectivity index (χ3n) is 8.15. The predicted octanol–water partition coefficient (Wildman–Crippen LogP) is 8.65. The van der Waals surface area contributed by atoms with Gasteiger partial charge in [-0.3, -0.25) is 0 Å². The molecule has 43 heavy (non-hydrogen) atoms. The Bertz CT molecular complexity index is 1250. The van der Waals surface area contributed by atoms with Gasteiger partial charge in [-0.05, 0) is 97.2 Å². The molecule has 0 saturated heterocycles. The van der Waals surface area contributed by atoms with Gasteiger partial charge in [-0.15, -0.1) is 0 Å². The first-order valence-electron chi connectivity index (χ1n) is 15.2. The van der Waals surface area contributed by atoms with E-state index in [4.69, 9.17) is 23.7 Å². The van der Waals surface area contributed by atoms with Gasteiger partial charge in [0.25, 0.3) is 0 Å². The topological polar surface area (TPSA) is 46.2 Å². The monoisotopic (exact) mass is 582 g/mol. The molecule has 0 aliphatic rings. The second-order valence-corrected chi connectivity index (χ2v) is 10.9. The molecule has 0 saturated carbocycles. The summed E-state index contributed by atoms with van der Waals surface area (Å²) in [5, 5.41) is 0. The maximum Gasteiger partial charge on any atom is 0.122 e. The van der Waals surface area contributed by atoms with E-state index in [-0.39, 0.29) is 0 Å². The van der Waals surface area contributed by atoms with Crippen LogP contribution in [0.1, 0.15) is 59.8 Å². The molecule has 0 aromatic heterocycles. The molecule has 2 unspecified atom stereocenters. The summed E-state index contributed by atoms with van der Waals surface area (Å²) in [6.45, 7) is 1.37. The average molecular weight is 583 g/mol. The lowest BCUT2D eigenvalue weighted by molar-refractivity contribution is 0.101. The molecule has 5 heteroatoms. The molecule has 2 atom stereocenters. The largest absolute Gasteiger partial charge is 0.497 e. The Labute approximate surface area is 257 Å². The summed E-state index contributed by atoms with van der Waals surface area (Å²) in [6.07, 6.45) is 5.94. The van der Waals surface area contributed by atoms with Crippen molar-refractivity contribution in [1.29, 1.82) is 0 Å². The highest BCUT2D eigenvalue weighted by molar-refractivity contribution is 5.41. The molecule has 0 heterocycles. The van der Waals surface area contributed by atoms with Crippen LogP contribution in [0.15, 0.2) is 97.1 Å². The summed E-state index contributed by atoms with van der Waals surface area (Å²) in [5.41, 5.74) is 4.99. The van der Waals surface area contributed by atoms with Gasteiger partial charge in [0.05, 0.1) is 41.7 Å². The SMILES string of the molecule is COc1ccc(OC)c(CCCC(COCC(CCCc2cc(OC)ccc2OC)c2ccccc2)c2ccccc2)c1. The van der Waals surface area contributed by atoms with Crippen molar-refractivity contribution in [2.24, 2.45) is 0 Å². The van der Waals surface area contributed by atoms with Crippen LogP contribution in [0.25, 0.3) is 0 Å². The minimum Gasteiger partial charge on any atom is -0.497 e. The molecule has 0 aliphatic heterocycles. The van der Waals surface area contributed by atoms with Gasteiger partial charge in [0.2, 0.25) is 0 Å². The third-order valence-corrected chi connectivity index (χ3v) is 8.15. The van der Waals surface area contributed by atoms with Gasteiger partial charge in [-0.25, -0.2) is 0 Å². The molecule has 0 N–H and O–H groups in total. The van der Waals surface area contributed by atoms with Crippen molar-refractivity contribution in [2.75, 3.05) is 41.7 Å². The summed E-state index contributed by atoms with van der Waals surface area (Å²) in [7, 11) is 6.85. The first kappa shape index (κ1) is 32.0. The first-order valence-corrected chi connectivity index (χ1v) is 15.2. The highest BCUT2D eigenvalue weighted by Crippen LogP contribution is 2.31. The van der Waals surface area contributed by atoms with Gasteiger partial charge in [-0.1, -0.05) is 60.7 Å². The summed E-state index contributed by atoms with van der Waals surface area (Å²) in [6, 6.07) is 33.5. The van der Waals surface area contributed by atoms with Crippen LogP contribution < -0.4 is 18.9 Å². The van der Waals surface area contributed by atoms with Gasteiger partial charge in [0, 0.05) is 11.8 Å². The Hall–Kier alpha value is -3.96. The van der Waals surface area contributed by atoms with E-state index in [1.165, 1.54) is 22.3 Å². The molecule has 4 rings (SSSR count). The Morgan fingerprint density at radius 2 is 0.907 bits per heavy atom. The molecule has 0 bridgehead atoms. The van der Waals surface area contributed by atoms with Crippen LogP contribution in [0.3, 0.4) is 0 Å². The fraction of sp³-hybridized carbons (Fsp3) is 0.368.